The summed E-state index contributed by atoms with van der Waals surface area (Å²) in [5, 5.41) is 10.6. The van der Waals surface area contributed by atoms with E-state index < -0.39 is 5.60 Å². The summed E-state index contributed by atoms with van der Waals surface area (Å²) < 4.78 is 5.60. The van der Waals surface area contributed by atoms with Gasteiger partial charge >= 0.3 is 5.97 Å². The third-order valence-electron chi connectivity index (χ3n) is 6.13. The maximum absolute atomic E-state index is 11.9. The lowest BCUT2D eigenvalue weighted by Gasteiger charge is -2.48. The monoisotopic (exact) mass is 248 g/mol. The molecule has 0 bridgehead atoms. The normalized spacial score (nSPS) is 57.1. The van der Waals surface area contributed by atoms with Crippen molar-refractivity contribution in [2.45, 2.75) is 44.8 Å². The number of hydrogen-bond donors (Lipinski definition) is 1. The Hall–Kier alpha value is -0.830. The molecule has 0 aromatic heterocycles. The average Bonchev–Trinajstić information content (AvgIpc) is 2.79. The summed E-state index contributed by atoms with van der Waals surface area (Å²) in [6.07, 6.45) is 4.93. The van der Waals surface area contributed by atoms with Crippen LogP contribution in [0.25, 0.3) is 0 Å². The molecule has 1 saturated heterocycles. The van der Waals surface area contributed by atoms with Gasteiger partial charge in [-0.05, 0) is 49.9 Å². The number of esters is 1. The molecule has 3 heteroatoms. The zero-order chi connectivity index (χ0) is 12.7. The summed E-state index contributed by atoms with van der Waals surface area (Å²) in [7, 11) is 0. The standard InChI is InChI=1S/C15H20O3/c1-7-8-5-6-15(2,17)10-4-3-9-12(11(8)10)13(7)18-14(9)16/h3,7-8,10-13,17H,4-6H2,1-2H3/t7-,8-,10-,11-,12+,13-,15-/m1/s1. The van der Waals surface area contributed by atoms with E-state index in [2.05, 4.69) is 6.92 Å². The van der Waals surface area contributed by atoms with Crippen molar-refractivity contribution in [1.29, 1.82) is 0 Å². The molecule has 7 atom stereocenters. The van der Waals surface area contributed by atoms with Crippen molar-refractivity contribution in [2.75, 3.05) is 0 Å². The first kappa shape index (κ1) is 11.0. The van der Waals surface area contributed by atoms with Crippen molar-refractivity contribution in [1.82, 2.24) is 0 Å². The first-order chi connectivity index (χ1) is 8.50. The van der Waals surface area contributed by atoms with Crippen molar-refractivity contribution in [3.8, 4) is 0 Å². The first-order valence-corrected chi connectivity index (χ1v) is 7.14. The first-order valence-electron chi connectivity index (χ1n) is 7.14. The second-order valence-electron chi connectivity index (χ2n) is 6.89. The number of carbonyl (C=O) groups is 1. The highest BCUT2D eigenvalue weighted by atomic mass is 16.6. The second-order valence-corrected chi connectivity index (χ2v) is 6.89. The predicted octanol–water partition coefficient (Wildman–Crippen LogP) is 1.90. The molecule has 0 aromatic rings. The van der Waals surface area contributed by atoms with Gasteiger partial charge in [-0.25, -0.2) is 4.79 Å². The van der Waals surface area contributed by atoms with Gasteiger partial charge in [0.2, 0.25) is 0 Å². The van der Waals surface area contributed by atoms with E-state index in [0.29, 0.717) is 23.7 Å². The number of hydrogen-bond acceptors (Lipinski definition) is 3. The fraction of sp³-hybridized carbons (Fsp3) is 0.800. The van der Waals surface area contributed by atoms with Crippen LogP contribution in [-0.2, 0) is 9.53 Å². The number of allylic oxidation sites excluding steroid dienone is 1. The molecule has 0 aromatic carbocycles. The van der Waals surface area contributed by atoms with Gasteiger partial charge in [-0.15, -0.1) is 0 Å². The largest absolute Gasteiger partial charge is 0.458 e. The van der Waals surface area contributed by atoms with E-state index in [1.165, 1.54) is 0 Å². The van der Waals surface area contributed by atoms with Gasteiger partial charge in [-0.2, -0.15) is 0 Å². The molecule has 98 valence electrons. The zero-order valence-corrected chi connectivity index (χ0v) is 10.9. The fourth-order valence-corrected chi connectivity index (χ4v) is 5.25. The third kappa shape index (κ3) is 1.12. The molecule has 0 unspecified atom stereocenters. The van der Waals surface area contributed by atoms with Crippen LogP contribution in [0.5, 0.6) is 0 Å². The van der Waals surface area contributed by atoms with Crippen molar-refractivity contribution in [2.24, 2.45) is 29.6 Å². The van der Waals surface area contributed by atoms with Crippen LogP contribution in [0.4, 0.5) is 0 Å². The SMILES string of the molecule is C[C@@H]1[C@H]2CC[C@@](C)(O)[C@@H]3CC=C4C(=O)O[C@H]1[C@@H]4[C@H]23. The minimum absolute atomic E-state index is 0.0791. The molecule has 0 spiro atoms. The summed E-state index contributed by atoms with van der Waals surface area (Å²) in [6, 6.07) is 0. The minimum Gasteiger partial charge on any atom is -0.458 e. The van der Waals surface area contributed by atoms with Crippen LogP contribution in [0.15, 0.2) is 11.6 Å². The number of ether oxygens (including phenoxy) is 1. The zero-order valence-electron chi connectivity index (χ0n) is 10.9. The molecule has 18 heavy (non-hydrogen) atoms. The number of carbonyl (C=O) groups excluding carboxylic acids is 1. The smallest absolute Gasteiger partial charge is 0.334 e. The van der Waals surface area contributed by atoms with Crippen LogP contribution in [0, 0.1) is 29.6 Å². The van der Waals surface area contributed by atoms with Crippen LogP contribution < -0.4 is 0 Å². The number of aliphatic hydroxyl groups is 1. The van der Waals surface area contributed by atoms with Crippen LogP contribution in [0.2, 0.25) is 0 Å². The van der Waals surface area contributed by atoms with Gasteiger partial charge in [0.25, 0.3) is 0 Å². The molecule has 3 nitrogen and oxygen atoms in total. The third-order valence-corrected chi connectivity index (χ3v) is 6.13. The van der Waals surface area contributed by atoms with E-state index in [1.54, 1.807) is 0 Å². The van der Waals surface area contributed by atoms with Crippen LogP contribution in [-0.4, -0.2) is 22.8 Å². The summed E-state index contributed by atoms with van der Waals surface area (Å²) in [5.41, 5.74) is 0.344. The van der Waals surface area contributed by atoms with Gasteiger partial charge in [0.05, 0.1) is 5.60 Å². The molecule has 4 rings (SSSR count). The Morgan fingerprint density at radius 2 is 2.28 bits per heavy atom. The summed E-state index contributed by atoms with van der Waals surface area (Å²) in [5.74, 6) is 2.02. The lowest BCUT2D eigenvalue weighted by molar-refractivity contribution is -0.141. The average molecular weight is 248 g/mol. The van der Waals surface area contributed by atoms with Crippen molar-refractivity contribution in [3.63, 3.8) is 0 Å². The lowest BCUT2D eigenvalue weighted by Crippen LogP contribution is -2.48. The van der Waals surface area contributed by atoms with E-state index >= 15 is 0 Å². The summed E-state index contributed by atoms with van der Waals surface area (Å²) in [6.45, 7) is 4.20. The highest BCUT2D eigenvalue weighted by molar-refractivity contribution is 5.92. The van der Waals surface area contributed by atoms with E-state index in [1.807, 2.05) is 13.0 Å². The molecule has 4 aliphatic rings. The summed E-state index contributed by atoms with van der Waals surface area (Å²) in [4.78, 5) is 11.9. The second kappa shape index (κ2) is 3.19. The maximum atomic E-state index is 11.9. The van der Waals surface area contributed by atoms with Crippen LogP contribution in [0.1, 0.15) is 33.1 Å². The molecule has 3 aliphatic carbocycles. The molecule has 0 radical (unpaired) electrons. The van der Waals surface area contributed by atoms with Crippen molar-refractivity contribution < 1.29 is 14.6 Å². The minimum atomic E-state index is -0.566. The quantitative estimate of drug-likeness (QED) is 0.666. The predicted molar refractivity (Wildman–Crippen MR) is 65.6 cm³/mol. The fourth-order valence-electron chi connectivity index (χ4n) is 5.25. The van der Waals surface area contributed by atoms with E-state index in [9.17, 15) is 9.90 Å². The molecular formula is C15H20O3. The van der Waals surface area contributed by atoms with E-state index in [0.717, 1.165) is 24.8 Å². The topological polar surface area (TPSA) is 46.5 Å². The van der Waals surface area contributed by atoms with Gasteiger partial charge in [0.1, 0.15) is 6.10 Å². The van der Waals surface area contributed by atoms with Gasteiger partial charge in [-0.3, -0.25) is 0 Å². The van der Waals surface area contributed by atoms with Gasteiger partial charge < -0.3 is 9.84 Å². The Morgan fingerprint density at radius 3 is 3.06 bits per heavy atom. The van der Waals surface area contributed by atoms with Gasteiger partial charge in [0.15, 0.2) is 0 Å². The highest BCUT2D eigenvalue weighted by Crippen LogP contribution is 2.62. The molecule has 0 amide bonds. The molecular weight excluding hydrogens is 228 g/mol. The number of rotatable bonds is 0. The maximum Gasteiger partial charge on any atom is 0.334 e. The van der Waals surface area contributed by atoms with Gasteiger partial charge in [-0.1, -0.05) is 13.0 Å². The highest BCUT2D eigenvalue weighted by Gasteiger charge is 2.63. The Kier molecular flexibility index (Phi) is 1.95. The van der Waals surface area contributed by atoms with Crippen LogP contribution in [0.3, 0.4) is 0 Å². The Labute approximate surface area is 107 Å². The van der Waals surface area contributed by atoms with Crippen LogP contribution >= 0.6 is 0 Å². The Morgan fingerprint density at radius 1 is 1.50 bits per heavy atom. The Balaban J connectivity index is 1.84. The van der Waals surface area contributed by atoms with E-state index in [4.69, 9.17) is 4.74 Å². The van der Waals surface area contributed by atoms with Crippen molar-refractivity contribution in [3.05, 3.63) is 11.6 Å². The lowest BCUT2D eigenvalue weighted by atomic mass is 9.59. The molecule has 2 saturated carbocycles. The molecule has 3 fully saturated rings. The van der Waals surface area contributed by atoms with E-state index in [-0.39, 0.29) is 18.0 Å². The molecule has 1 aliphatic heterocycles. The molecule has 1 N–H and O–H groups in total. The Bertz CT molecular complexity index is 451. The van der Waals surface area contributed by atoms with Gasteiger partial charge in [0, 0.05) is 11.5 Å². The van der Waals surface area contributed by atoms with Crippen molar-refractivity contribution >= 4 is 5.97 Å². The summed E-state index contributed by atoms with van der Waals surface area (Å²) >= 11 is 0. The molecule has 1 heterocycles.